The molecule has 1 N–H and O–H groups in total. The highest BCUT2D eigenvalue weighted by atomic mass is 15.1. The van der Waals surface area contributed by atoms with Crippen LogP contribution in [0.2, 0.25) is 0 Å². The SMILES string of the molecule is CCCN1CCC(C(C)NCC2(CC)CCC2)CC1. The lowest BCUT2D eigenvalue weighted by Gasteiger charge is -2.43. The lowest BCUT2D eigenvalue weighted by molar-refractivity contribution is 0.105. The van der Waals surface area contributed by atoms with Crippen molar-refractivity contribution in [3.63, 3.8) is 0 Å². The molecule has 0 aromatic carbocycles. The third-order valence-electron chi connectivity index (χ3n) is 5.84. The molecule has 2 rings (SSSR count). The number of piperidine rings is 1. The summed E-state index contributed by atoms with van der Waals surface area (Å²) >= 11 is 0. The fourth-order valence-corrected chi connectivity index (χ4v) is 3.87. The van der Waals surface area contributed by atoms with Crippen molar-refractivity contribution in [1.29, 1.82) is 0 Å². The molecule has 1 saturated carbocycles. The van der Waals surface area contributed by atoms with Crippen molar-refractivity contribution in [3.05, 3.63) is 0 Å². The van der Waals surface area contributed by atoms with Gasteiger partial charge in [0.05, 0.1) is 0 Å². The summed E-state index contributed by atoms with van der Waals surface area (Å²) in [6.07, 6.45) is 9.83. The Labute approximate surface area is 120 Å². The van der Waals surface area contributed by atoms with Crippen LogP contribution >= 0.6 is 0 Å². The van der Waals surface area contributed by atoms with Gasteiger partial charge >= 0.3 is 0 Å². The lowest BCUT2D eigenvalue weighted by atomic mass is 9.67. The van der Waals surface area contributed by atoms with Gasteiger partial charge in [-0.25, -0.2) is 0 Å². The number of rotatable bonds is 7. The molecule has 0 bridgehead atoms. The van der Waals surface area contributed by atoms with Gasteiger partial charge in [-0.3, -0.25) is 0 Å². The molecule has 0 radical (unpaired) electrons. The van der Waals surface area contributed by atoms with Crippen molar-refractivity contribution < 1.29 is 0 Å². The maximum Gasteiger partial charge on any atom is 0.00681 e. The molecular formula is C17H34N2. The second kappa shape index (κ2) is 7.08. The molecule has 1 aliphatic carbocycles. The van der Waals surface area contributed by atoms with Crippen LogP contribution in [0.4, 0.5) is 0 Å². The highest BCUT2D eigenvalue weighted by Gasteiger charge is 2.35. The topological polar surface area (TPSA) is 15.3 Å². The summed E-state index contributed by atoms with van der Waals surface area (Å²) < 4.78 is 0. The second-order valence-corrected chi connectivity index (χ2v) is 7.06. The fourth-order valence-electron chi connectivity index (χ4n) is 3.87. The molecule has 0 amide bonds. The maximum atomic E-state index is 3.87. The van der Waals surface area contributed by atoms with E-state index >= 15 is 0 Å². The normalized spacial score (nSPS) is 26.1. The van der Waals surface area contributed by atoms with Crippen LogP contribution < -0.4 is 5.32 Å². The molecule has 1 atom stereocenters. The zero-order valence-electron chi connectivity index (χ0n) is 13.4. The van der Waals surface area contributed by atoms with Crippen LogP contribution in [0, 0.1) is 11.3 Å². The van der Waals surface area contributed by atoms with E-state index in [0.717, 1.165) is 5.92 Å². The Morgan fingerprint density at radius 3 is 2.37 bits per heavy atom. The molecule has 2 nitrogen and oxygen atoms in total. The van der Waals surface area contributed by atoms with Gasteiger partial charge in [0.15, 0.2) is 0 Å². The van der Waals surface area contributed by atoms with E-state index in [-0.39, 0.29) is 0 Å². The minimum atomic E-state index is 0.664. The Morgan fingerprint density at radius 1 is 1.21 bits per heavy atom. The van der Waals surface area contributed by atoms with Gasteiger partial charge in [0.2, 0.25) is 0 Å². The summed E-state index contributed by atoms with van der Waals surface area (Å²) in [7, 11) is 0. The average Bonchev–Trinajstić information content (AvgIpc) is 2.39. The molecule has 0 aromatic rings. The van der Waals surface area contributed by atoms with E-state index in [1.165, 1.54) is 71.1 Å². The van der Waals surface area contributed by atoms with Crippen molar-refractivity contribution in [3.8, 4) is 0 Å². The third kappa shape index (κ3) is 3.95. The van der Waals surface area contributed by atoms with Gasteiger partial charge in [-0.05, 0) is 76.4 Å². The summed E-state index contributed by atoms with van der Waals surface area (Å²) in [4.78, 5) is 2.64. The largest absolute Gasteiger partial charge is 0.313 e. The molecule has 1 heterocycles. The van der Waals surface area contributed by atoms with Crippen LogP contribution in [0.3, 0.4) is 0 Å². The summed E-state index contributed by atoms with van der Waals surface area (Å²) in [5.74, 6) is 0.905. The van der Waals surface area contributed by atoms with Crippen LogP contribution in [0.5, 0.6) is 0 Å². The standard InChI is InChI=1S/C17H34N2/c1-4-11-19-12-7-16(8-13-19)15(3)18-14-17(5-2)9-6-10-17/h15-16,18H,4-14H2,1-3H3. The quantitative estimate of drug-likeness (QED) is 0.756. The zero-order valence-corrected chi connectivity index (χ0v) is 13.4. The van der Waals surface area contributed by atoms with E-state index < -0.39 is 0 Å². The van der Waals surface area contributed by atoms with Crippen LogP contribution in [-0.4, -0.2) is 37.1 Å². The molecule has 2 heteroatoms. The van der Waals surface area contributed by atoms with Gasteiger partial charge in [-0.15, -0.1) is 0 Å². The molecule has 1 aliphatic heterocycles. The lowest BCUT2D eigenvalue weighted by Crippen LogP contribution is -2.47. The van der Waals surface area contributed by atoms with Crippen molar-refractivity contribution in [1.82, 2.24) is 10.2 Å². The van der Waals surface area contributed by atoms with E-state index in [0.29, 0.717) is 11.5 Å². The smallest absolute Gasteiger partial charge is 0.00681 e. The van der Waals surface area contributed by atoms with Crippen molar-refractivity contribution in [2.75, 3.05) is 26.2 Å². The molecule has 1 saturated heterocycles. The number of likely N-dealkylation sites (tertiary alicyclic amines) is 1. The third-order valence-corrected chi connectivity index (χ3v) is 5.84. The fraction of sp³-hybridized carbons (Fsp3) is 1.00. The zero-order chi connectivity index (χ0) is 13.7. The summed E-state index contributed by atoms with van der Waals surface area (Å²) in [6.45, 7) is 12.3. The molecular weight excluding hydrogens is 232 g/mol. The highest BCUT2D eigenvalue weighted by Crippen LogP contribution is 2.43. The molecule has 112 valence electrons. The van der Waals surface area contributed by atoms with Crippen LogP contribution in [0.1, 0.15) is 65.7 Å². The first-order valence-electron chi connectivity index (χ1n) is 8.65. The second-order valence-electron chi connectivity index (χ2n) is 7.06. The Kier molecular flexibility index (Phi) is 5.70. The van der Waals surface area contributed by atoms with Crippen LogP contribution in [0.15, 0.2) is 0 Å². The molecule has 0 aromatic heterocycles. The van der Waals surface area contributed by atoms with Crippen LogP contribution in [0.25, 0.3) is 0 Å². The monoisotopic (exact) mass is 266 g/mol. The van der Waals surface area contributed by atoms with Gasteiger partial charge in [0.1, 0.15) is 0 Å². The minimum Gasteiger partial charge on any atom is -0.313 e. The van der Waals surface area contributed by atoms with Crippen molar-refractivity contribution >= 4 is 0 Å². The van der Waals surface area contributed by atoms with E-state index in [1.807, 2.05) is 0 Å². The Hall–Kier alpha value is -0.0800. The molecule has 0 spiro atoms. The van der Waals surface area contributed by atoms with Gasteiger partial charge < -0.3 is 10.2 Å². The van der Waals surface area contributed by atoms with Gasteiger partial charge in [-0.1, -0.05) is 20.3 Å². The van der Waals surface area contributed by atoms with Gasteiger partial charge in [-0.2, -0.15) is 0 Å². The van der Waals surface area contributed by atoms with E-state index in [4.69, 9.17) is 0 Å². The average molecular weight is 266 g/mol. The van der Waals surface area contributed by atoms with Crippen molar-refractivity contribution in [2.24, 2.45) is 11.3 Å². The first-order chi connectivity index (χ1) is 9.19. The predicted octanol–water partition coefficient (Wildman–Crippen LogP) is 3.67. The predicted molar refractivity (Wildman–Crippen MR) is 83.5 cm³/mol. The Bertz CT molecular complexity index is 246. The summed E-state index contributed by atoms with van der Waals surface area (Å²) in [5, 5.41) is 3.87. The molecule has 19 heavy (non-hydrogen) atoms. The Balaban J connectivity index is 1.68. The minimum absolute atomic E-state index is 0.664. The van der Waals surface area contributed by atoms with Gasteiger partial charge in [0, 0.05) is 12.6 Å². The first kappa shape index (κ1) is 15.3. The highest BCUT2D eigenvalue weighted by molar-refractivity contribution is 4.90. The maximum absolute atomic E-state index is 3.87. The van der Waals surface area contributed by atoms with Gasteiger partial charge in [0.25, 0.3) is 0 Å². The number of nitrogens with one attached hydrogen (secondary N) is 1. The van der Waals surface area contributed by atoms with E-state index in [1.54, 1.807) is 0 Å². The first-order valence-corrected chi connectivity index (χ1v) is 8.65. The molecule has 2 aliphatic rings. The Morgan fingerprint density at radius 2 is 1.89 bits per heavy atom. The molecule has 1 unspecified atom stereocenters. The number of hydrogen-bond acceptors (Lipinski definition) is 2. The molecule has 2 fully saturated rings. The van der Waals surface area contributed by atoms with Crippen LogP contribution in [-0.2, 0) is 0 Å². The van der Waals surface area contributed by atoms with E-state index in [2.05, 4.69) is 31.0 Å². The number of hydrogen-bond donors (Lipinski definition) is 1. The van der Waals surface area contributed by atoms with Crippen molar-refractivity contribution in [2.45, 2.75) is 71.8 Å². The summed E-state index contributed by atoms with van der Waals surface area (Å²) in [6, 6.07) is 0.716. The number of nitrogens with zero attached hydrogens (tertiary/aromatic N) is 1. The summed E-state index contributed by atoms with van der Waals surface area (Å²) in [5.41, 5.74) is 0.664. The van der Waals surface area contributed by atoms with E-state index in [9.17, 15) is 0 Å².